The van der Waals surface area contributed by atoms with Crippen LogP contribution in [0.4, 0.5) is 0 Å². The summed E-state index contributed by atoms with van der Waals surface area (Å²) in [7, 11) is 0. The van der Waals surface area contributed by atoms with Gasteiger partial charge in [-0.25, -0.2) is 4.98 Å². The summed E-state index contributed by atoms with van der Waals surface area (Å²) in [5.41, 5.74) is 4.26. The Morgan fingerprint density at radius 3 is 2.86 bits per heavy atom. The molecular formula is C11H18N2S. The van der Waals surface area contributed by atoms with Gasteiger partial charge < -0.3 is 5.32 Å². The number of hydrogen-bond donors (Lipinski definition) is 1. The summed E-state index contributed by atoms with van der Waals surface area (Å²) >= 11 is 1.72. The van der Waals surface area contributed by atoms with Crippen molar-refractivity contribution in [1.29, 1.82) is 0 Å². The van der Waals surface area contributed by atoms with Gasteiger partial charge in [-0.15, -0.1) is 17.9 Å². The van der Waals surface area contributed by atoms with Crippen LogP contribution in [0.1, 0.15) is 36.9 Å². The van der Waals surface area contributed by atoms with Crippen LogP contribution in [0, 0.1) is 6.92 Å². The fraction of sp³-hybridized carbons (Fsp3) is 0.545. The molecule has 2 nitrogen and oxygen atoms in total. The lowest BCUT2D eigenvalue weighted by molar-refractivity contribution is 0.553. The molecule has 0 fully saturated rings. The molecule has 1 rings (SSSR count). The number of thiazole rings is 1. The second kappa shape index (κ2) is 5.27. The minimum Gasteiger partial charge on any atom is -0.309 e. The maximum atomic E-state index is 4.28. The Balaban J connectivity index is 2.77. The minimum atomic E-state index is 0.394. The summed E-state index contributed by atoms with van der Waals surface area (Å²) in [5, 5.41) is 3.47. The van der Waals surface area contributed by atoms with Crippen molar-refractivity contribution in [3.8, 4) is 0 Å². The minimum absolute atomic E-state index is 0.394. The molecule has 0 aromatic carbocycles. The first-order chi connectivity index (χ1) is 6.65. The SMILES string of the molecule is C=C(C)CC(NCC)c1scnc1C. The maximum Gasteiger partial charge on any atom is 0.0798 e. The van der Waals surface area contributed by atoms with Crippen LogP contribution in [0.3, 0.4) is 0 Å². The second-order valence-electron chi connectivity index (χ2n) is 3.57. The Hall–Kier alpha value is -0.670. The van der Waals surface area contributed by atoms with Gasteiger partial charge in [-0.2, -0.15) is 0 Å². The van der Waals surface area contributed by atoms with Crippen molar-refractivity contribution in [2.45, 2.75) is 33.2 Å². The van der Waals surface area contributed by atoms with Gasteiger partial charge in [0, 0.05) is 10.9 Å². The zero-order valence-corrected chi connectivity index (χ0v) is 9.95. The lowest BCUT2D eigenvalue weighted by Gasteiger charge is -2.16. The summed E-state index contributed by atoms with van der Waals surface area (Å²) in [6, 6.07) is 0.394. The first kappa shape index (κ1) is 11.4. The average Bonchev–Trinajstić information content (AvgIpc) is 2.50. The molecule has 0 spiro atoms. The fourth-order valence-electron chi connectivity index (χ4n) is 1.50. The normalized spacial score (nSPS) is 12.8. The van der Waals surface area contributed by atoms with E-state index in [0.717, 1.165) is 18.7 Å². The van der Waals surface area contributed by atoms with Gasteiger partial charge in [-0.05, 0) is 26.8 Å². The van der Waals surface area contributed by atoms with Crippen molar-refractivity contribution in [1.82, 2.24) is 10.3 Å². The van der Waals surface area contributed by atoms with E-state index in [4.69, 9.17) is 0 Å². The summed E-state index contributed by atoms with van der Waals surface area (Å²) < 4.78 is 0. The Labute approximate surface area is 90.1 Å². The third-order valence-corrected chi connectivity index (χ3v) is 3.15. The number of aryl methyl sites for hydroxylation is 1. The molecule has 1 unspecified atom stereocenters. The zero-order chi connectivity index (χ0) is 10.6. The van der Waals surface area contributed by atoms with Crippen molar-refractivity contribution in [3.63, 3.8) is 0 Å². The molecule has 0 aliphatic heterocycles. The molecule has 0 radical (unpaired) electrons. The van der Waals surface area contributed by atoms with E-state index in [1.807, 2.05) is 5.51 Å². The van der Waals surface area contributed by atoms with Gasteiger partial charge in [0.2, 0.25) is 0 Å². The highest BCUT2D eigenvalue weighted by molar-refractivity contribution is 7.09. The Bertz CT molecular complexity index is 304. The van der Waals surface area contributed by atoms with E-state index in [9.17, 15) is 0 Å². The van der Waals surface area contributed by atoms with Crippen LogP contribution in [-0.2, 0) is 0 Å². The molecule has 0 aliphatic carbocycles. The topological polar surface area (TPSA) is 24.9 Å². The lowest BCUT2D eigenvalue weighted by atomic mass is 10.1. The van der Waals surface area contributed by atoms with Crippen LogP contribution in [0.25, 0.3) is 0 Å². The fourth-order valence-corrected chi connectivity index (χ4v) is 2.38. The van der Waals surface area contributed by atoms with Crippen molar-refractivity contribution >= 4 is 11.3 Å². The molecule has 1 aromatic heterocycles. The molecule has 1 aromatic rings. The lowest BCUT2D eigenvalue weighted by Crippen LogP contribution is -2.20. The van der Waals surface area contributed by atoms with E-state index < -0.39 is 0 Å². The van der Waals surface area contributed by atoms with Crippen molar-refractivity contribution < 1.29 is 0 Å². The van der Waals surface area contributed by atoms with E-state index in [2.05, 4.69) is 37.7 Å². The summed E-state index contributed by atoms with van der Waals surface area (Å²) in [5.74, 6) is 0. The smallest absolute Gasteiger partial charge is 0.0798 e. The monoisotopic (exact) mass is 210 g/mol. The predicted octanol–water partition coefficient (Wildman–Crippen LogP) is 3.07. The highest BCUT2D eigenvalue weighted by Crippen LogP contribution is 2.26. The summed E-state index contributed by atoms with van der Waals surface area (Å²) in [6.45, 7) is 11.2. The van der Waals surface area contributed by atoms with E-state index in [1.165, 1.54) is 10.5 Å². The molecular weight excluding hydrogens is 192 g/mol. The number of aromatic nitrogens is 1. The average molecular weight is 210 g/mol. The molecule has 0 aliphatic rings. The molecule has 14 heavy (non-hydrogen) atoms. The third-order valence-electron chi connectivity index (χ3n) is 2.10. The number of nitrogens with one attached hydrogen (secondary N) is 1. The van der Waals surface area contributed by atoms with Crippen molar-refractivity contribution in [3.05, 3.63) is 28.2 Å². The highest BCUT2D eigenvalue weighted by atomic mass is 32.1. The van der Waals surface area contributed by atoms with Gasteiger partial charge in [0.05, 0.1) is 11.2 Å². The zero-order valence-electron chi connectivity index (χ0n) is 9.13. The maximum absolute atomic E-state index is 4.28. The molecule has 0 bridgehead atoms. The molecule has 1 atom stereocenters. The number of rotatable bonds is 5. The molecule has 0 saturated carbocycles. The molecule has 0 saturated heterocycles. The standard InChI is InChI=1S/C11H18N2S/c1-5-12-10(6-8(2)3)11-9(4)13-7-14-11/h7,10,12H,2,5-6H2,1,3-4H3. The first-order valence-electron chi connectivity index (χ1n) is 4.92. The van der Waals surface area contributed by atoms with Gasteiger partial charge in [0.25, 0.3) is 0 Å². The largest absolute Gasteiger partial charge is 0.309 e. The predicted molar refractivity (Wildman–Crippen MR) is 62.7 cm³/mol. The van der Waals surface area contributed by atoms with Gasteiger partial charge in [-0.1, -0.05) is 12.5 Å². The number of hydrogen-bond acceptors (Lipinski definition) is 3. The quantitative estimate of drug-likeness (QED) is 0.755. The Kier molecular flexibility index (Phi) is 4.29. The van der Waals surface area contributed by atoms with Gasteiger partial charge in [0.1, 0.15) is 0 Å². The van der Waals surface area contributed by atoms with Gasteiger partial charge in [0.15, 0.2) is 0 Å². The van der Waals surface area contributed by atoms with E-state index in [1.54, 1.807) is 11.3 Å². The Morgan fingerprint density at radius 2 is 2.43 bits per heavy atom. The van der Waals surface area contributed by atoms with E-state index >= 15 is 0 Å². The molecule has 1 heterocycles. The summed E-state index contributed by atoms with van der Waals surface area (Å²) in [6.07, 6.45) is 0.997. The molecule has 78 valence electrons. The highest BCUT2D eigenvalue weighted by Gasteiger charge is 2.14. The van der Waals surface area contributed by atoms with Crippen molar-refractivity contribution in [2.24, 2.45) is 0 Å². The van der Waals surface area contributed by atoms with E-state index in [-0.39, 0.29) is 0 Å². The van der Waals surface area contributed by atoms with Gasteiger partial charge in [-0.3, -0.25) is 0 Å². The second-order valence-corrected chi connectivity index (χ2v) is 4.46. The van der Waals surface area contributed by atoms with Crippen LogP contribution in [0.15, 0.2) is 17.7 Å². The van der Waals surface area contributed by atoms with Crippen LogP contribution >= 0.6 is 11.3 Å². The van der Waals surface area contributed by atoms with Crippen molar-refractivity contribution in [2.75, 3.05) is 6.54 Å². The van der Waals surface area contributed by atoms with Crippen LogP contribution < -0.4 is 5.32 Å². The summed E-state index contributed by atoms with van der Waals surface area (Å²) in [4.78, 5) is 5.62. The van der Waals surface area contributed by atoms with E-state index in [0.29, 0.717) is 6.04 Å². The van der Waals surface area contributed by atoms with Gasteiger partial charge >= 0.3 is 0 Å². The van der Waals surface area contributed by atoms with Crippen LogP contribution in [-0.4, -0.2) is 11.5 Å². The van der Waals surface area contributed by atoms with Crippen LogP contribution in [0.5, 0.6) is 0 Å². The third kappa shape index (κ3) is 2.93. The first-order valence-corrected chi connectivity index (χ1v) is 5.80. The molecule has 0 amide bonds. The Morgan fingerprint density at radius 1 is 1.71 bits per heavy atom. The molecule has 3 heteroatoms. The molecule has 1 N–H and O–H groups in total. The van der Waals surface area contributed by atoms with Crippen LogP contribution in [0.2, 0.25) is 0 Å². The number of nitrogens with zero attached hydrogens (tertiary/aromatic N) is 1.